The predicted octanol–water partition coefficient (Wildman–Crippen LogP) is 2.85. The molecule has 0 saturated carbocycles. The maximum absolute atomic E-state index is 13.3. The predicted molar refractivity (Wildman–Crippen MR) is 131 cm³/mol. The minimum absolute atomic E-state index is 0.0131. The topological polar surface area (TPSA) is 130 Å². The van der Waals surface area contributed by atoms with Crippen molar-refractivity contribution in [2.45, 2.75) is 24.2 Å². The number of halogens is 1. The van der Waals surface area contributed by atoms with Crippen LogP contribution in [0, 0.1) is 5.82 Å². The number of benzene rings is 2. The van der Waals surface area contributed by atoms with Crippen molar-refractivity contribution in [3.05, 3.63) is 71.3 Å². The highest BCUT2D eigenvalue weighted by atomic mass is 32.3. The zero-order valence-electron chi connectivity index (χ0n) is 19.6. The fraction of sp³-hybridized carbons (Fsp3) is 0.167. The Hall–Kier alpha value is -4.10. The number of hydrogen-bond acceptors (Lipinski definition) is 8. The van der Waals surface area contributed by atoms with Gasteiger partial charge in [0.1, 0.15) is 17.5 Å². The number of carbonyl (C=O) groups is 2. The molecule has 0 radical (unpaired) electrons. The van der Waals surface area contributed by atoms with Crippen molar-refractivity contribution in [2.24, 2.45) is 7.05 Å². The van der Waals surface area contributed by atoms with Crippen LogP contribution in [0.4, 0.5) is 9.52 Å². The third-order valence-corrected chi connectivity index (χ3v) is 8.50. The average molecular weight is 544 g/mol. The van der Waals surface area contributed by atoms with Crippen molar-refractivity contribution < 1.29 is 36.3 Å². The lowest BCUT2D eigenvalue weighted by atomic mass is 10.0. The van der Waals surface area contributed by atoms with Crippen LogP contribution in [-0.4, -0.2) is 35.2 Å². The van der Waals surface area contributed by atoms with Gasteiger partial charge >= 0.3 is 21.2 Å². The molecule has 0 saturated heterocycles. The Labute approximate surface area is 214 Å². The molecule has 10 nitrogen and oxygen atoms in total. The van der Waals surface area contributed by atoms with E-state index in [1.165, 1.54) is 59.1 Å². The number of phenolic OH excluding ortho intramolecular Hbond substituents is 1. The molecule has 3 heterocycles. The van der Waals surface area contributed by atoms with Gasteiger partial charge in [0.15, 0.2) is 11.5 Å². The van der Waals surface area contributed by atoms with Gasteiger partial charge in [-0.25, -0.2) is 19.1 Å². The average Bonchev–Trinajstić information content (AvgIpc) is 3.38. The molecule has 2 aromatic carbocycles. The maximum Gasteiger partial charge on any atom is 0.352 e. The Balaban J connectivity index is 1.58. The first-order valence-corrected chi connectivity index (χ1v) is 13.2. The van der Waals surface area contributed by atoms with Gasteiger partial charge < -0.3 is 14.2 Å². The molecule has 0 atom stereocenters. The number of aromatic nitrogens is 2. The highest BCUT2D eigenvalue weighted by molar-refractivity contribution is 7.89. The van der Waals surface area contributed by atoms with E-state index in [2.05, 4.69) is 10.3 Å². The van der Waals surface area contributed by atoms with Crippen molar-refractivity contribution in [2.75, 3.05) is 5.32 Å². The summed E-state index contributed by atoms with van der Waals surface area (Å²) in [5.41, 5.74) is 0.751. The molecule has 37 heavy (non-hydrogen) atoms. The molecular weight excluding hydrogens is 523 g/mol. The number of rotatable bonds is 6. The summed E-state index contributed by atoms with van der Waals surface area (Å²) in [4.78, 5) is 30.3. The molecule has 0 bridgehead atoms. The molecule has 1 aliphatic heterocycles. The largest absolute Gasteiger partial charge is 0.505 e. The van der Waals surface area contributed by atoms with Gasteiger partial charge in [-0.15, -0.1) is 0 Å². The monoisotopic (exact) mass is 543 g/mol. The molecule has 0 aliphatic carbocycles. The Bertz CT molecular complexity index is 1690. The molecule has 2 aromatic heterocycles. The van der Waals surface area contributed by atoms with Gasteiger partial charge in [0.2, 0.25) is 4.21 Å². The van der Waals surface area contributed by atoms with E-state index in [4.69, 9.17) is 4.18 Å². The van der Waals surface area contributed by atoms with Crippen molar-refractivity contribution >= 4 is 49.3 Å². The number of pyridine rings is 1. The van der Waals surface area contributed by atoms with Gasteiger partial charge in [0.05, 0.1) is 19.2 Å². The molecule has 2 amide bonds. The first-order chi connectivity index (χ1) is 17.5. The van der Waals surface area contributed by atoms with Gasteiger partial charge in [-0.2, -0.15) is 8.42 Å². The first-order valence-electron chi connectivity index (χ1n) is 10.9. The smallest absolute Gasteiger partial charge is 0.352 e. The van der Waals surface area contributed by atoms with Crippen LogP contribution in [0.25, 0.3) is 10.9 Å². The summed E-state index contributed by atoms with van der Waals surface area (Å²) in [5, 5.41) is 14.0. The van der Waals surface area contributed by atoms with Gasteiger partial charge in [-0.3, -0.25) is 9.78 Å². The third kappa shape index (κ3) is 4.47. The Morgan fingerprint density at radius 2 is 2.03 bits per heavy atom. The maximum atomic E-state index is 13.3. The number of nitrogens with zero attached hydrogens (tertiary/aromatic N) is 3. The van der Waals surface area contributed by atoms with Crippen molar-refractivity contribution in [1.29, 1.82) is 0 Å². The Kier molecular flexibility index (Phi) is 6.04. The van der Waals surface area contributed by atoms with E-state index in [-0.39, 0.29) is 61.9 Å². The Morgan fingerprint density at radius 1 is 1.30 bits per heavy atom. The van der Waals surface area contributed by atoms with E-state index in [0.29, 0.717) is 5.56 Å². The number of carbonyl (C=O) groups excluding carboxylic acids is 2. The number of thiazole rings is 1. The van der Waals surface area contributed by atoms with E-state index in [9.17, 15) is 27.5 Å². The van der Waals surface area contributed by atoms with Crippen LogP contribution in [0.1, 0.15) is 28.4 Å². The minimum Gasteiger partial charge on any atom is -0.505 e. The lowest BCUT2D eigenvalue weighted by Gasteiger charge is -2.16. The van der Waals surface area contributed by atoms with Crippen molar-refractivity contribution in [3.63, 3.8) is 0 Å². The molecule has 1 aliphatic rings. The lowest BCUT2D eigenvalue weighted by molar-refractivity contribution is -0.654. The van der Waals surface area contributed by atoms with E-state index >= 15 is 0 Å². The molecule has 0 fully saturated rings. The SMILES string of the molecule is CC(=O)Nc1sc(S(=O)(=O)Oc2c3c(c(O)c4ncccc24)C(=O)N(Cc2ccc(F)cc2)C3)c[n+]1C. The number of amides is 2. The number of aromatic hydroxyl groups is 1. The van der Waals surface area contributed by atoms with Crippen LogP contribution < -0.4 is 14.1 Å². The van der Waals surface area contributed by atoms with Crippen molar-refractivity contribution in [1.82, 2.24) is 9.88 Å². The number of fused-ring (bicyclic) bond motifs is 2. The molecular formula is C24H20FN4O6S2+. The summed E-state index contributed by atoms with van der Waals surface area (Å²) >= 11 is 0.805. The van der Waals surface area contributed by atoms with E-state index in [1.54, 1.807) is 13.1 Å². The molecule has 0 unspecified atom stereocenters. The fourth-order valence-corrected chi connectivity index (χ4v) is 6.41. The minimum atomic E-state index is -4.41. The van der Waals surface area contributed by atoms with Gasteiger partial charge in [0, 0.05) is 30.6 Å². The normalized spacial score (nSPS) is 13.2. The standard InChI is InChI=1S/C24H19FN4O6S2/c1-13(30)27-24-28(2)12-18(36-24)37(33,34)35-22-16-4-3-9-26-20(16)21(31)19-17(22)11-29(23(19)32)10-14-5-7-15(25)8-6-14/h3-9,12H,10-11H2,1-2H3,(H,31,32)/p+1. The number of anilines is 1. The van der Waals surface area contributed by atoms with Crippen LogP contribution in [0.3, 0.4) is 0 Å². The lowest BCUT2D eigenvalue weighted by Crippen LogP contribution is -2.30. The second-order valence-corrected chi connectivity index (χ2v) is 11.2. The molecule has 13 heteroatoms. The number of nitrogens with one attached hydrogen (secondary N) is 1. The molecule has 0 spiro atoms. The van der Waals surface area contributed by atoms with Crippen LogP contribution in [0.5, 0.6) is 11.5 Å². The van der Waals surface area contributed by atoms with Crippen LogP contribution >= 0.6 is 11.3 Å². The summed E-state index contributed by atoms with van der Waals surface area (Å²) in [5.74, 6) is -1.82. The van der Waals surface area contributed by atoms with E-state index < -0.39 is 21.8 Å². The summed E-state index contributed by atoms with van der Waals surface area (Å²) in [6.45, 7) is 1.35. The van der Waals surface area contributed by atoms with Crippen LogP contribution in [0.15, 0.2) is 53.0 Å². The zero-order chi connectivity index (χ0) is 26.5. The summed E-state index contributed by atoms with van der Waals surface area (Å²) < 4.78 is 46.8. The highest BCUT2D eigenvalue weighted by Gasteiger charge is 2.38. The molecule has 5 rings (SSSR count). The van der Waals surface area contributed by atoms with Crippen LogP contribution in [-0.2, 0) is 35.0 Å². The number of aryl methyl sites for hydroxylation is 1. The molecule has 4 aromatic rings. The number of phenols is 1. The summed E-state index contributed by atoms with van der Waals surface area (Å²) in [6.07, 6.45) is 2.71. The second kappa shape index (κ2) is 9.09. The van der Waals surface area contributed by atoms with Gasteiger partial charge in [-0.05, 0) is 41.2 Å². The van der Waals surface area contributed by atoms with Gasteiger partial charge in [0.25, 0.3) is 5.91 Å². The van der Waals surface area contributed by atoms with Crippen molar-refractivity contribution in [3.8, 4) is 11.5 Å². The molecule has 2 N–H and O–H groups in total. The number of hydrogen-bond donors (Lipinski definition) is 2. The van der Waals surface area contributed by atoms with E-state index in [1.807, 2.05) is 0 Å². The summed E-state index contributed by atoms with van der Waals surface area (Å²) in [7, 11) is -2.84. The highest BCUT2D eigenvalue weighted by Crippen LogP contribution is 2.45. The fourth-order valence-electron chi connectivity index (χ4n) is 4.09. The second-order valence-electron chi connectivity index (χ2n) is 8.40. The summed E-state index contributed by atoms with van der Waals surface area (Å²) in [6, 6.07) is 8.72. The molecule has 190 valence electrons. The van der Waals surface area contributed by atoms with E-state index in [0.717, 1.165) is 11.3 Å². The van der Waals surface area contributed by atoms with Crippen LogP contribution in [0.2, 0.25) is 0 Å². The van der Waals surface area contributed by atoms with Gasteiger partial charge in [-0.1, -0.05) is 12.1 Å². The Morgan fingerprint density at radius 3 is 2.73 bits per heavy atom. The quantitative estimate of drug-likeness (QED) is 0.283. The third-order valence-electron chi connectivity index (χ3n) is 5.77. The zero-order valence-corrected chi connectivity index (χ0v) is 21.2. The first kappa shape index (κ1) is 24.6.